The number of ether oxygens (including phenoxy) is 2. The van der Waals surface area contributed by atoms with Crippen LogP contribution in [-0.2, 0) is 16.0 Å². The minimum atomic E-state index is 0.302. The Morgan fingerprint density at radius 3 is 2.62 bits per heavy atom. The van der Waals surface area contributed by atoms with Crippen LogP contribution in [0, 0.1) is 0 Å². The summed E-state index contributed by atoms with van der Waals surface area (Å²) >= 11 is 3.67. The van der Waals surface area contributed by atoms with Crippen molar-refractivity contribution in [2.75, 3.05) is 45.4 Å². The lowest BCUT2D eigenvalue weighted by Crippen LogP contribution is -2.38. The monoisotopic (exact) mass is 358 g/mol. The molecule has 21 heavy (non-hydrogen) atoms. The number of hydrogen-bond donors (Lipinski definition) is 1. The third-order valence-electron chi connectivity index (χ3n) is 3.41. The fourth-order valence-corrected chi connectivity index (χ4v) is 2.75. The molecular formula is C16H27BrN2O2. The van der Waals surface area contributed by atoms with Crippen LogP contribution in [0.4, 0.5) is 5.69 Å². The summed E-state index contributed by atoms with van der Waals surface area (Å²) in [4.78, 5) is 2.31. The van der Waals surface area contributed by atoms with Crippen molar-refractivity contribution in [1.82, 2.24) is 5.32 Å². The van der Waals surface area contributed by atoms with Crippen molar-refractivity contribution in [2.45, 2.75) is 26.4 Å². The molecule has 5 heteroatoms. The molecule has 0 radical (unpaired) electrons. The fraction of sp³-hybridized carbons (Fsp3) is 0.625. The van der Waals surface area contributed by atoms with Crippen molar-refractivity contribution in [1.29, 1.82) is 0 Å². The molecule has 0 aliphatic heterocycles. The second-order valence-corrected chi connectivity index (χ2v) is 5.90. The minimum absolute atomic E-state index is 0.302. The number of rotatable bonds is 10. The number of anilines is 1. The van der Waals surface area contributed by atoms with Gasteiger partial charge in [0.2, 0.25) is 0 Å². The maximum atomic E-state index is 5.29. The highest BCUT2D eigenvalue weighted by Gasteiger charge is 2.15. The van der Waals surface area contributed by atoms with Crippen LogP contribution in [-0.4, -0.2) is 46.6 Å². The van der Waals surface area contributed by atoms with Crippen LogP contribution in [0.25, 0.3) is 0 Å². The third-order valence-corrected chi connectivity index (χ3v) is 4.15. The lowest BCUT2D eigenvalue weighted by atomic mass is 10.1. The van der Waals surface area contributed by atoms with Gasteiger partial charge in [-0.05, 0) is 31.2 Å². The van der Waals surface area contributed by atoms with E-state index in [2.05, 4.69) is 58.2 Å². The summed E-state index contributed by atoms with van der Waals surface area (Å²) in [5, 5.41) is 3.35. The van der Waals surface area contributed by atoms with Crippen LogP contribution in [0.1, 0.15) is 19.4 Å². The molecule has 1 unspecified atom stereocenters. The molecular weight excluding hydrogens is 332 g/mol. The molecule has 0 heterocycles. The van der Waals surface area contributed by atoms with Crippen LogP contribution in [0.2, 0.25) is 0 Å². The van der Waals surface area contributed by atoms with Gasteiger partial charge in [-0.2, -0.15) is 0 Å². The Morgan fingerprint density at radius 1 is 1.29 bits per heavy atom. The Labute approximate surface area is 136 Å². The molecule has 120 valence electrons. The normalized spacial score (nSPS) is 12.4. The number of benzene rings is 1. The van der Waals surface area contributed by atoms with Gasteiger partial charge in [-0.3, -0.25) is 0 Å². The van der Waals surface area contributed by atoms with Gasteiger partial charge < -0.3 is 19.7 Å². The fourth-order valence-electron chi connectivity index (χ4n) is 2.24. The van der Waals surface area contributed by atoms with Gasteiger partial charge in [-0.15, -0.1) is 0 Å². The van der Waals surface area contributed by atoms with Gasteiger partial charge in [0.15, 0.2) is 0 Å². The highest BCUT2D eigenvalue weighted by atomic mass is 79.9. The van der Waals surface area contributed by atoms with Crippen molar-refractivity contribution in [2.24, 2.45) is 0 Å². The first-order valence-corrected chi connectivity index (χ1v) is 8.17. The van der Waals surface area contributed by atoms with Gasteiger partial charge in [0, 0.05) is 43.5 Å². The predicted octanol–water partition coefficient (Wildman–Crippen LogP) is 3.05. The zero-order valence-corrected chi connectivity index (χ0v) is 15.1. The van der Waals surface area contributed by atoms with Gasteiger partial charge in [-0.1, -0.05) is 28.9 Å². The van der Waals surface area contributed by atoms with E-state index in [4.69, 9.17) is 9.47 Å². The summed E-state index contributed by atoms with van der Waals surface area (Å²) in [6.07, 6.45) is 0. The van der Waals surface area contributed by atoms with Gasteiger partial charge in [0.05, 0.1) is 13.2 Å². The Hall–Kier alpha value is -0.620. The molecule has 1 aromatic rings. The number of nitrogens with one attached hydrogen (secondary N) is 1. The largest absolute Gasteiger partial charge is 0.383 e. The molecule has 0 amide bonds. The highest BCUT2D eigenvalue weighted by molar-refractivity contribution is 9.10. The lowest BCUT2D eigenvalue weighted by Gasteiger charge is -2.31. The van der Waals surface area contributed by atoms with E-state index in [0.29, 0.717) is 19.3 Å². The molecule has 4 nitrogen and oxygen atoms in total. The smallest absolute Gasteiger partial charge is 0.0663 e. The average molecular weight is 359 g/mol. The van der Waals surface area contributed by atoms with E-state index < -0.39 is 0 Å². The average Bonchev–Trinajstić information content (AvgIpc) is 2.47. The lowest BCUT2D eigenvalue weighted by molar-refractivity contribution is 0.171. The van der Waals surface area contributed by atoms with E-state index in [1.165, 1.54) is 11.3 Å². The van der Waals surface area contributed by atoms with E-state index in [1.807, 2.05) is 0 Å². The molecule has 0 spiro atoms. The molecule has 0 fully saturated rings. The zero-order valence-electron chi connectivity index (χ0n) is 13.5. The number of halogens is 1. The molecule has 0 aliphatic carbocycles. The molecule has 0 aromatic heterocycles. The van der Waals surface area contributed by atoms with Crippen molar-refractivity contribution < 1.29 is 9.47 Å². The minimum Gasteiger partial charge on any atom is -0.383 e. The third kappa shape index (κ3) is 5.94. The van der Waals surface area contributed by atoms with Crippen LogP contribution in [0.5, 0.6) is 0 Å². The number of nitrogens with zero attached hydrogens (tertiary/aromatic N) is 1. The first kappa shape index (κ1) is 18.4. The first-order valence-electron chi connectivity index (χ1n) is 7.37. The maximum Gasteiger partial charge on any atom is 0.0663 e. The van der Waals surface area contributed by atoms with E-state index in [-0.39, 0.29) is 0 Å². The summed E-state index contributed by atoms with van der Waals surface area (Å²) in [6, 6.07) is 6.81. The molecule has 1 rings (SSSR count). The van der Waals surface area contributed by atoms with Crippen molar-refractivity contribution >= 4 is 21.6 Å². The Balaban J connectivity index is 2.88. The Morgan fingerprint density at radius 2 is 2.05 bits per heavy atom. The summed E-state index contributed by atoms with van der Waals surface area (Å²) < 4.78 is 11.6. The van der Waals surface area contributed by atoms with Crippen LogP contribution in [0.15, 0.2) is 22.7 Å². The van der Waals surface area contributed by atoms with Crippen LogP contribution in [0.3, 0.4) is 0 Å². The molecule has 0 saturated carbocycles. The van der Waals surface area contributed by atoms with Crippen molar-refractivity contribution in [3.05, 3.63) is 28.2 Å². The number of hydrogen-bond acceptors (Lipinski definition) is 4. The van der Waals surface area contributed by atoms with E-state index in [9.17, 15) is 0 Å². The summed E-state index contributed by atoms with van der Waals surface area (Å²) in [6.45, 7) is 8.37. The summed E-state index contributed by atoms with van der Waals surface area (Å²) in [5.41, 5.74) is 2.45. The van der Waals surface area contributed by atoms with Gasteiger partial charge in [0.1, 0.15) is 0 Å². The van der Waals surface area contributed by atoms with E-state index in [0.717, 1.165) is 24.1 Å². The van der Waals surface area contributed by atoms with Gasteiger partial charge in [0.25, 0.3) is 0 Å². The quantitative estimate of drug-likeness (QED) is 0.696. The van der Waals surface area contributed by atoms with Gasteiger partial charge >= 0.3 is 0 Å². The molecule has 1 N–H and O–H groups in total. The zero-order chi connectivity index (χ0) is 15.7. The highest BCUT2D eigenvalue weighted by Crippen LogP contribution is 2.25. The molecule has 0 aliphatic rings. The van der Waals surface area contributed by atoms with E-state index in [1.54, 1.807) is 14.2 Å². The molecule has 0 bridgehead atoms. The van der Waals surface area contributed by atoms with Crippen molar-refractivity contribution in [3.63, 3.8) is 0 Å². The van der Waals surface area contributed by atoms with Crippen LogP contribution < -0.4 is 10.2 Å². The molecule has 1 atom stereocenters. The summed E-state index contributed by atoms with van der Waals surface area (Å²) in [7, 11) is 3.47. The van der Waals surface area contributed by atoms with Gasteiger partial charge in [-0.25, -0.2) is 0 Å². The molecule has 1 aromatic carbocycles. The maximum absolute atomic E-state index is 5.29. The second-order valence-electron chi connectivity index (χ2n) is 5.05. The number of methoxy groups -OCH3 is 2. The first-order chi connectivity index (χ1) is 10.1. The van der Waals surface area contributed by atoms with E-state index >= 15 is 0 Å². The Bertz CT molecular complexity index is 415. The SMILES string of the molecule is CCNCc1ccc(N(CCOC)C(C)COC)cc1Br. The van der Waals surface area contributed by atoms with Crippen molar-refractivity contribution in [3.8, 4) is 0 Å². The standard InChI is InChI=1S/C16H27BrN2O2/c1-5-18-11-14-6-7-15(10-16(14)17)19(8-9-20-3)13(2)12-21-4/h6-7,10,13,18H,5,8-9,11-12H2,1-4H3. The Kier molecular flexibility index (Phi) is 8.92. The van der Waals surface area contributed by atoms with Crippen LogP contribution >= 0.6 is 15.9 Å². The topological polar surface area (TPSA) is 33.7 Å². The molecule has 0 saturated heterocycles. The second kappa shape index (κ2) is 10.2. The summed E-state index contributed by atoms with van der Waals surface area (Å²) in [5.74, 6) is 0. The predicted molar refractivity (Wildman–Crippen MR) is 92.1 cm³/mol.